The monoisotopic (exact) mass is 261 g/mol. The molecule has 18 heavy (non-hydrogen) atoms. The van der Waals surface area contributed by atoms with Crippen LogP contribution < -0.4 is 10.1 Å². The van der Waals surface area contributed by atoms with Gasteiger partial charge >= 0.3 is 0 Å². The zero-order valence-electron chi connectivity index (χ0n) is 10.4. The summed E-state index contributed by atoms with van der Waals surface area (Å²) < 4.78 is 5.27. The predicted molar refractivity (Wildman–Crippen MR) is 75.3 cm³/mol. The molecule has 1 N–H and O–H groups in total. The van der Waals surface area contributed by atoms with Crippen LogP contribution >= 0.6 is 11.8 Å². The number of benzene rings is 1. The van der Waals surface area contributed by atoms with E-state index in [9.17, 15) is 0 Å². The Morgan fingerprint density at radius 3 is 3.06 bits per heavy atom. The fourth-order valence-electron chi connectivity index (χ4n) is 1.68. The highest BCUT2D eigenvalue weighted by molar-refractivity contribution is 8.15. The molecule has 1 aliphatic heterocycles. The smallest absolute Gasteiger partial charge is 0.161 e. The first-order valence-corrected chi connectivity index (χ1v) is 6.71. The van der Waals surface area contributed by atoms with E-state index in [-0.39, 0.29) is 0 Å². The number of nitrogens with one attached hydrogen (secondary N) is 1. The molecule has 1 aromatic rings. The van der Waals surface area contributed by atoms with Crippen molar-refractivity contribution in [2.24, 2.45) is 4.99 Å². The fourth-order valence-corrected chi connectivity index (χ4v) is 2.63. The molecule has 0 amide bonds. The van der Waals surface area contributed by atoms with Crippen LogP contribution in [-0.4, -0.2) is 24.1 Å². The molecule has 1 unspecified atom stereocenters. The van der Waals surface area contributed by atoms with Gasteiger partial charge in [0.05, 0.1) is 31.0 Å². The van der Waals surface area contributed by atoms with Crippen molar-refractivity contribution in [3.63, 3.8) is 0 Å². The number of aliphatic imine (C=N–C) groups is 1. The summed E-state index contributed by atoms with van der Waals surface area (Å²) in [6, 6.07) is 7.43. The van der Waals surface area contributed by atoms with E-state index in [0.29, 0.717) is 16.6 Å². The number of amidine groups is 1. The highest BCUT2D eigenvalue weighted by atomic mass is 32.2. The summed E-state index contributed by atoms with van der Waals surface area (Å²) in [6.07, 6.45) is 1.11. The standard InChI is InChI=1S/C13H15N3OS/c1-3-10-8-15-13(18-10)16-11-5-4-9(7-14)6-12(11)17-2/h4-6,10H,3,8H2,1-2H3,(H,15,16). The molecule has 94 valence electrons. The third kappa shape index (κ3) is 2.77. The molecular weight excluding hydrogens is 246 g/mol. The maximum Gasteiger partial charge on any atom is 0.161 e. The number of anilines is 1. The first-order valence-electron chi connectivity index (χ1n) is 5.83. The van der Waals surface area contributed by atoms with Crippen molar-refractivity contribution in [3.8, 4) is 11.8 Å². The topological polar surface area (TPSA) is 57.4 Å². The van der Waals surface area contributed by atoms with Gasteiger partial charge in [-0.25, -0.2) is 0 Å². The van der Waals surface area contributed by atoms with E-state index in [1.807, 2.05) is 6.07 Å². The maximum absolute atomic E-state index is 8.85. The Balaban J connectivity index is 2.13. The van der Waals surface area contributed by atoms with Gasteiger partial charge in [-0.3, -0.25) is 4.99 Å². The molecule has 0 radical (unpaired) electrons. The second-order valence-corrected chi connectivity index (χ2v) is 5.23. The van der Waals surface area contributed by atoms with Crippen molar-refractivity contribution >= 4 is 22.6 Å². The molecular formula is C13H15N3OS. The summed E-state index contributed by atoms with van der Waals surface area (Å²) in [5.74, 6) is 0.664. The number of rotatable bonds is 3. The Labute approximate surface area is 111 Å². The fraction of sp³-hybridized carbons (Fsp3) is 0.385. The average Bonchev–Trinajstić information content (AvgIpc) is 2.87. The number of hydrogen-bond donors (Lipinski definition) is 1. The Kier molecular flexibility index (Phi) is 4.11. The van der Waals surface area contributed by atoms with Crippen LogP contribution in [-0.2, 0) is 0 Å². The molecule has 1 atom stereocenters. The van der Waals surface area contributed by atoms with Gasteiger partial charge in [0, 0.05) is 11.3 Å². The number of nitriles is 1. The highest BCUT2D eigenvalue weighted by Gasteiger charge is 2.18. The van der Waals surface area contributed by atoms with Crippen LogP contribution in [0, 0.1) is 11.3 Å². The second-order valence-electron chi connectivity index (χ2n) is 3.95. The van der Waals surface area contributed by atoms with Crippen molar-refractivity contribution in [3.05, 3.63) is 23.8 Å². The van der Waals surface area contributed by atoms with Crippen LogP contribution in [0.5, 0.6) is 5.75 Å². The van der Waals surface area contributed by atoms with E-state index in [1.54, 1.807) is 31.0 Å². The van der Waals surface area contributed by atoms with Gasteiger partial charge in [-0.1, -0.05) is 18.7 Å². The summed E-state index contributed by atoms with van der Waals surface area (Å²) in [6.45, 7) is 3.03. The van der Waals surface area contributed by atoms with E-state index < -0.39 is 0 Å². The summed E-state index contributed by atoms with van der Waals surface area (Å²) in [7, 11) is 1.60. The predicted octanol–water partition coefficient (Wildman–Crippen LogP) is 2.86. The SMILES string of the molecule is CCC1CN=C(Nc2ccc(C#N)cc2OC)S1. The van der Waals surface area contributed by atoms with Gasteiger partial charge in [-0.05, 0) is 18.6 Å². The molecule has 5 heteroatoms. The average molecular weight is 261 g/mol. The van der Waals surface area contributed by atoms with Gasteiger partial charge in [0.2, 0.25) is 0 Å². The number of methoxy groups -OCH3 is 1. The summed E-state index contributed by atoms with van der Waals surface area (Å²) in [5.41, 5.74) is 1.43. The van der Waals surface area contributed by atoms with Crippen molar-refractivity contribution in [1.82, 2.24) is 0 Å². The normalized spacial score (nSPS) is 18.1. The Bertz CT molecular complexity index is 507. The third-order valence-corrected chi connectivity index (χ3v) is 4.01. The Hall–Kier alpha value is -1.67. The minimum atomic E-state index is 0.567. The molecule has 0 aliphatic carbocycles. The lowest BCUT2D eigenvalue weighted by molar-refractivity contribution is 0.417. The molecule has 0 saturated carbocycles. The van der Waals surface area contributed by atoms with E-state index in [1.165, 1.54) is 0 Å². The van der Waals surface area contributed by atoms with Crippen molar-refractivity contribution in [2.45, 2.75) is 18.6 Å². The van der Waals surface area contributed by atoms with Crippen LogP contribution in [0.3, 0.4) is 0 Å². The van der Waals surface area contributed by atoms with Gasteiger partial charge in [0.15, 0.2) is 5.17 Å². The zero-order chi connectivity index (χ0) is 13.0. The molecule has 0 fully saturated rings. The largest absolute Gasteiger partial charge is 0.495 e. The highest BCUT2D eigenvalue weighted by Crippen LogP contribution is 2.29. The molecule has 0 bridgehead atoms. The first-order chi connectivity index (χ1) is 8.76. The van der Waals surface area contributed by atoms with E-state index in [2.05, 4.69) is 23.3 Å². The second kappa shape index (κ2) is 5.78. The molecule has 2 rings (SSSR count). The van der Waals surface area contributed by atoms with Crippen LogP contribution in [0.15, 0.2) is 23.2 Å². The molecule has 1 heterocycles. The summed E-state index contributed by atoms with van der Waals surface area (Å²) >= 11 is 1.75. The molecule has 1 aliphatic rings. The van der Waals surface area contributed by atoms with Gasteiger partial charge in [-0.15, -0.1) is 0 Å². The third-order valence-electron chi connectivity index (χ3n) is 2.74. The van der Waals surface area contributed by atoms with Crippen molar-refractivity contribution in [2.75, 3.05) is 19.0 Å². The summed E-state index contributed by atoms with van der Waals surface area (Å²) in [4.78, 5) is 4.45. The van der Waals surface area contributed by atoms with E-state index in [4.69, 9.17) is 10.00 Å². The van der Waals surface area contributed by atoms with Crippen molar-refractivity contribution in [1.29, 1.82) is 5.26 Å². The lowest BCUT2D eigenvalue weighted by Gasteiger charge is -2.11. The lowest BCUT2D eigenvalue weighted by Crippen LogP contribution is -2.08. The maximum atomic E-state index is 8.85. The van der Waals surface area contributed by atoms with Gasteiger partial charge in [0.1, 0.15) is 5.75 Å². The lowest BCUT2D eigenvalue weighted by atomic mass is 10.2. The quantitative estimate of drug-likeness (QED) is 0.909. The molecule has 0 saturated heterocycles. The van der Waals surface area contributed by atoms with Gasteiger partial charge in [-0.2, -0.15) is 5.26 Å². The molecule has 4 nitrogen and oxygen atoms in total. The molecule has 0 aromatic heterocycles. The zero-order valence-corrected chi connectivity index (χ0v) is 11.3. The number of nitrogens with zero attached hydrogens (tertiary/aromatic N) is 2. The minimum absolute atomic E-state index is 0.567. The number of thioether (sulfide) groups is 1. The van der Waals surface area contributed by atoms with Gasteiger partial charge < -0.3 is 10.1 Å². The van der Waals surface area contributed by atoms with Crippen LogP contribution in [0.1, 0.15) is 18.9 Å². The summed E-state index contributed by atoms with van der Waals surface area (Å²) in [5, 5.41) is 13.6. The molecule has 0 spiro atoms. The van der Waals surface area contributed by atoms with Crippen molar-refractivity contribution < 1.29 is 4.74 Å². The first kappa shape index (κ1) is 12.8. The number of hydrogen-bond acceptors (Lipinski definition) is 5. The van der Waals surface area contributed by atoms with E-state index >= 15 is 0 Å². The number of ether oxygens (including phenoxy) is 1. The van der Waals surface area contributed by atoms with E-state index in [0.717, 1.165) is 23.8 Å². The Morgan fingerprint density at radius 2 is 2.44 bits per heavy atom. The molecule has 1 aromatic carbocycles. The van der Waals surface area contributed by atoms with Crippen LogP contribution in [0.2, 0.25) is 0 Å². The van der Waals surface area contributed by atoms with Crippen LogP contribution in [0.4, 0.5) is 5.69 Å². The van der Waals surface area contributed by atoms with Gasteiger partial charge in [0.25, 0.3) is 0 Å². The Morgan fingerprint density at radius 1 is 1.61 bits per heavy atom. The minimum Gasteiger partial charge on any atom is -0.495 e. The van der Waals surface area contributed by atoms with Crippen LogP contribution in [0.25, 0.3) is 0 Å².